The van der Waals surface area contributed by atoms with E-state index in [1.54, 1.807) is 18.2 Å². The van der Waals surface area contributed by atoms with Crippen LogP contribution in [0.3, 0.4) is 0 Å². The lowest BCUT2D eigenvalue weighted by Gasteiger charge is -2.33. The number of carbonyl (C=O) groups excluding carboxylic acids is 1. The van der Waals surface area contributed by atoms with E-state index in [4.69, 9.17) is 23.2 Å². The number of likely N-dealkylation sites (tertiary alicyclic amines) is 1. The van der Waals surface area contributed by atoms with Gasteiger partial charge in [-0.25, -0.2) is 0 Å². The molecule has 0 radical (unpaired) electrons. The molecule has 1 amide bonds. The topological polar surface area (TPSA) is 20.3 Å². The molecule has 0 aromatic heterocycles. The van der Waals surface area contributed by atoms with Crippen LogP contribution in [0.2, 0.25) is 10.0 Å². The Morgan fingerprint density at radius 1 is 1.32 bits per heavy atom. The lowest BCUT2D eigenvalue weighted by molar-refractivity contribution is 0.0691. The number of nitrogens with zero attached hydrogens (tertiary/aromatic N) is 1. The Morgan fingerprint density at radius 3 is 2.47 bits per heavy atom. The zero-order chi connectivity index (χ0) is 14.0. The summed E-state index contributed by atoms with van der Waals surface area (Å²) in [6.45, 7) is 3.78. The summed E-state index contributed by atoms with van der Waals surface area (Å²) >= 11 is 15.4. The maximum Gasteiger partial charge on any atom is 0.253 e. The predicted molar refractivity (Wildman–Crippen MR) is 83.5 cm³/mol. The molecule has 0 spiro atoms. The van der Waals surface area contributed by atoms with E-state index in [0.29, 0.717) is 26.4 Å². The summed E-state index contributed by atoms with van der Waals surface area (Å²) in [5.74, 6) is 0.692. The van der Waals surface area contributed by atoms with Gasteiger partial charge in [-0.2, -0.15) is 0 Å². The minimum atomic E-state index is 0.0410. The van der Waals surface area contributed by atoms with Gasteiger partial charge >= 0.3 is 0 Å². The summed E-state index contributed by atoms with van der Waals surface area (Å²) in [5, 5.41) is 0.904. The van der Waals surface area contributed by atoms with Crippen molar-refractivity contribution in [1.82, 2.24) is 4.90 Å². The van der Waals surface area contributed by atoms with E-state index in [0.717, 1.165) is 25.9 Å². The number of halogens is 3. The first kappa shape index (κ1) is 15.1. The van der Waals surface area contributed by atoms with Crippen molar-refractivity contribution in [3.8, 4) is 0 Å². The molecule has 1 heterocycles. The molecule has 0 saturated carbocycles. The molecular formula is C14H16BrCl2NO. The highest BCUT2D eigenvalue weighted by atomic mass is 79.9. The second-order valence-electron chi connectivity index (χ2n) is 4.94. The molecule has 5 heteroatoms. The molecule has 0 N–H and O–H groups in total. The molecule has 1 aromatic carbocycles. The Labute approximate surface area is 132 Å². The molecule has 2 nitrogen and oxygen atoms in total. The molecule has 1 fully saturated rings. The van der Waals surface area contributed by atoms with E-state index in [1.807, 2.05) is 4.90 Å². The van der Waals surface area contributed by atoms with E-state index in [9.17, 15) is 4.79 Å². The van der Waals surface area contributed by atoms with Crippen molar-refractivity contribution in [2.45, 2.75) is 24.6 Å². The van der Waals surface area contributed by atoms with Crippen molar-refractivity contribution in [2.75, 3.05) is 13.1 Å². The Bertz CT molecular complexity index is 471. The molecule has 1 aliphatic rings. The Kier molecular flexibility index (Phi) is 5.15. The Morgan fingerprint density at radius 2 is 1.95 bits per heavy atom. The van der Waals surface area contributed by atoms with Gasteiger partial charge in [-0.15, -0.1) is 0 Å². The number of benzene rings is 1. The van der Waals surface area contributed by atoms with Gasteiger partial charge in [0.25, 0.3) is 5.91 Å². The number of carbonyl (C=O) groups is 1. The smallest absolute Gasteiger partial charge is 0.253 e. The van der Waals surface area contributed by atoms with Crippen molar-refractivity contribution in [1.29, 1.82) is 0 Å². The fourth-order valence-electron chi connectivity index (χ4n) is 2.37. The fourth-order valence-corrected chi connectivity index (χ4v) is 3.20. The summed E-state index contributed by atoms with van der Waals surface area (Å²) in [6, 6.07) is 5.05. The van der Waals surface area contributed by atoms with Gasteiger partial charge in [-0.05, 0) is 37.0 Å². The van der Waals surface area contributed by atoms with Crippen LogP contribution in [-0.2, 0) is 0 Å². The lowest BCUT2D eigenvalue weighted by Crippen LogP contribution is -2.39. The number of hydrogen-bond donors (Lipinski definition) is 0. The second kappa shape index (κ2) is 6.47. The quantitative estimate of drug-likeness (QED) is 0.700. The van der Waals surface area contributed by atoms with Crippen molar-refractivity contribution in [3.63, 3.8) is 0 Å². The minimum Gasteiger partial charge on any atom is -0.339 e. The highest BCUT2D eigenvalue weighted by molar-refractivity contribution is 9.09. The number of amides is 1. The summed E-state index contributed by atoms with van der Waals surface area (Å²) in [6.07, 6.45) is 2.08. The first-order valence-corrected chi connectivity index (χ1v) is 8.04. The third kappa shape index (κ3) is 3.65. The van der Waals surface area contributed by atoms with Gasteiger partial charge < -0.3 is 4.90 Å². The molecular weight excluding hydrogens is 349 g/mol. The highest BCUT2D eigenvalue weighted by Gasteiger charge is 2.25. The first-order chi connectivity index (χ1) is 8.99. The molecule has 19 heavy (non-hydrogen) atoms. The van der Waals surface area contributed by atoms with E-state index in [-0.39, 0.29) is 5.91 Å². The average molecular weight is 365 g/mol. The summed E-state index contributed by atoms with van der Waals surface area (Å²) < 4.78 is 0. The number of hydrogen-bond acceptors (Lipinski definition) is 1. The SMILES string of the molecule is CC(Br)C1CCN(C(=O)c2ccc(Cl)c(Cl)c2)CC1. The van der Waals surface area contributed by atoms with Gasteiger partial charge in [0.15, 0.2) is 0 Å². The van der Waals surface area contributed by atoms with E-state index in [1.165, 1.54) is 0 Å². The van der Waals surface area contributed by atoms with Crippen LogP contribution in [0.25, 0.3) is 0 Å². The summed E-state index contributed by atoms with van der Waals surface area (Å²) in [5.41, 5.74) is 0.611. The summed E-state index contributed by atoms with van der Waals surface area (Å²) in [4.78, 5) is 14.8. The second-order valence-corrected chi connectivity index (χ2v) is 7.19. The van der Waals surface area contributed by atoms with Gasteiger partial charge in [0.05, 0.1) is 10.0 Å². The molecule has 1 aromatic rings. The van der Waals surface area contributed by atoms with Crippen LogP contribution in [0.5, 0.6) is 0 Å². The van der Waals surface area contributed by atoms with Crippen molar-refractivity contribution in [2.24, 2.45) is 5.92 Å². The first-order valence-electron chi connectivity index (χ1n) is 6.37. The average Bonchev–Trinajstić information content (AvgIpc) is 2.41. The monoisotopic (exact) mass is 363 g/mol. The van der Waals surface area contributed by atoms with Gasteiger partial charge in [0, 0.05) is 23.5 Å². The van der Waals surface area contributed by atoms with Crippen LogP contribution in [0, 0.1) is 5.92 Å². The third-order valence-corrected chi connectivity index (χ3v) is 5.13. The van der Waals surface area contributed by atoms with Crippen molar-refractivity contribution >= 4 is 45.0 Å². The van der Waals surface area contributed by atoms with Gasteiger partial charge in [-0.3, -0.25) is 4.79 Å². The zero-order valence-electron chi connectivity index (χ0n) is 10.7. The minimum absolute atomic E-state index is 0.0410. The molecule has 1 saturated heterocycles. The van der Waals surface area contributed by atoms with E-state index >= 15 is 0 Å². The molecule has 104 valence electrons. The molecule has 0 bridgehead atoms. The fraction of sp³-hybridized carbons (Fsp3) is 0.500. The number of rotatable bonds is 2. The van der Waals surface area contributed by atoms with Crippen molar-refractivity contribution < 1.29 is 4.79 Å². The maximum atomic E-state index is 12.4. The Balaban J connectivity index is 2.03. The van der Waals surface area contributed by atoms with E-state index in [2.05, 4.69) is 22.9 Å². The van der Waals surface area contributed by atoms with Crippen LogP contribution in [0.15, 0.2) is 18.2 Å². The highest BCUT2D eigenvalue weighted by Crippen LogP contribution is 2.27. The van der Waals surface area contributed by atoms with Gasteiger partial charge in [0.2, 0.25) is 0 Å². The largest absolute Gasteiger partial charge is 0.339 e. The van der Waals surface area contributed by atoms with Crippen LogP contribution < -0.4 is 0 Å². The van der Waals surface area contributed by atoms with Crippen LogP contribution >= 0.6 is 39.1 Å². The Hall–Kier alpha value is -0.250. The number of alkyl halides is 1. The molecule has 1 aliphatic heterocycles. The molecule has 0 aliphatic carbocycles. The normalized spacial score (nSPS) is 18.4. The van der Waals surface area contributed by atoms with Crippen LogP contribution in [0.4, 0.5) is 0 Å². The zero-order valence-corrected chi connectivity index (χ0v) is 13.8. The predicted octanol–water partition coefficient (Wildman–Crippen LogP) is 4.63. The summed E-state index contributed by atoms with van der Waals surface area (Å²) in [7, 11) is 0. The van der Waals surface area contributed by atoms with E-state index < -0.39 is 0 Å². The van der Waals surface area contributed by atoms with Crippen LogP contribution in [0.1, 0.15) is 30.1 Å². The van der Waals surface area contributed by atoms with Crippen LogP contribution in [-0.4, -0.2) is 28.7 Å². The van der Waals surface area contributed by atoms with Gasteiger partial charge in [-0.1, -0.05) is 46.1 Å². The molecule has 1 atom stereocenters. The number of piperidine rings is 1. The molecule has 2 rings (SSSR count). The van der Waals surface area contributed by atoms with Gasteiger partial charge in [0.1, 0.15) is 0 Å². The molecule has 1 unspecified atom stereocenters. The standard InChI is InChI=1S/C14H16BrCl2NO/c1-9(15)10-4-6-18(7-5-10)14(19)11-2-3-12(16)13(17)8-11/h2-3,8-10H,4-7H2,1H3. The lowest BCUT2D eigenvalue weighted by atomic mass is 9.94. The van der Waals surface area contributed by atoms with Crippen molar-refractivity contribution in [3.05, 3.63) is 33.8 Å². The maximum absolute atomic E-state index is 12.4. The third-order valence-electron chi connectivity index (χ3n) is 3.64.